The van der Waals surface area contributed by atoms with E-state index in [4.69, 9.17) is 5.73 Å². The molecule has 0 radical (unpaired) electrons. The molecule has 6 nitrogen and oxygen atoms in total. The Labute approximate surface area is 103 Å². The highest BCUT2D eigenvalue weighted by atomic mass is 32.2. The van der Waals surface area contributed by atoms with Crippen LogP contribution in [0.5, 0.6) is 0 Å². The molecule has 1 heterocycles. The van der Waals surface area contributed by atoms with Gasteiger partial charge in [0.1, 0.15) is 15.9 Å². The van der Waals surface area contributed by atoms with Crippen LogP contribution in [0.15, 0.2) is 23.1 Å². The molecule has 1 atom stereocenters. The maximum Gasteiger partial charge on any atom is 0.243 e. The second kappa shape index (κ2) is 4.65. The van der Waals surface area contributed by atoms with E-state index in [1.54, 1.807) is 19.1 Å². The summed E-state index contributed by atoms with van der Waals surface area (Å²) in [6.07, 6.45) is 0. The van der Waals surface area contributed by atoms with Crippen molar-refractivity contribution in [1.82, 2.24) is 13.5 Å². The highest BCUT2D eigenvalue weighted by molar-refractivity contribution is 7.89. The summed E-state index contributed by atoms with van der Waals surface area (Å²) in [6, 6.07) is 4.56. The summed E-state index contributed by atoms with van der Waals surface area (Å²) < 4.78 is 34.7. The molecule has 2 aromatic rings. The van der Waals surface area contributed by atoms with Crippen molar-refractivity contribution >= 4 is 32.8 Å². The molecule has 92 valence electrons. The standard InChI is InChI=1S/C9H12N4O2S2/c1-6(5-10)13-17(14,15)8-4-2-3-7-9(8)12-16-11-7/h2-4,6,13H,5,10H2,1H3/t6-/m1/s1. The number of fused-ring (bicyclic) bond motifs is 1. The number of benzene rings is 1. The van der Waals surface area contributed by atoms with Crippen LogP contribution in [-0.4, -0.2) is 29.8 Å². The van der Waals surface area contributed by atoms with Crippen molar-refractivity contribution in [1.29, 1.82) is 0 Å². The second-order valence-electron chi connectivity index (χ2n) is 3.65. The minimum atomic E-state index is -3.59. The van der Waals surface area contributed by atoms with Gasteiger partial charge in [0, 0.05) is 12.6 Å². The molecule has 3 N–H and O–H groups in total. The number of aromatic nitrogens is 2. The quantitative estimate of drug-likeness (QED) is 0.835. The molecule has 0 amide bonds. The number of nitrogens with zero attached hydrogens (tertiary/aromatic N) is 2. The normalized spacial score (nSPS) is 14.0. The summed E-state index contributed by atoms with van der Waals surface area (Å²) in [5.74, 6) is 0. The van der Waals surface area contributed by atoms with Gasteiger partial charge in [-0.25, -0.2) is 13.1 Å². The van der Waals surface area contributed by atoms with Crippen molar-refractivity contribution in [3.63, 3.8) is 0 Å². The predicted octanol–water partition coefficient (Wildman–Crippen LogP) is 0.317. The first kappa shape index (κ1) is 12.4. The average Bonchev–Trinajstić information content (AvgIpc) is 2.75. The summed E-state index contributed by atoms with van der Waals surface area (Å²) >= 11 is 0.991. The SMILES string of the molecule is C[C@H](CN)NS(=O)(=O)c1cccc2nsnc12. The van der Waals surface area contributed by atoms with Crippen molar-refractivity contribution in [2.45, 2.75) is 17.9 Å². The highest BCUT2D eigenvalue weighted by Gasteiger charge is 2.20. The summed E-state index contributed by atoms with van der Waals surface area (Å²) in [4.78, 5) is 0.143. The molecular formula is C9H12N4O2S2. The Hall–Kier alpha value is -1.09. The van der Waals surface area contributed by atoms with Crippen LogP contribution in [0.1, 0.15) is 6.92 Å². The van der Waals surface area contributed by atoms with Crippen LogP contribution in [0.3, 0.4) is 0 Å². The monoisotopic (exact) mass is 272 g/mol. The fourth-order valence-electron chi connectivity index (χ4n) is 1.37. The smallest absolute Gasteiger partial charge is 0.243 e. The first-order chi connectivity index (χ1) is 8.04. The van der Waals surface area contributed by atoms with Crippen molar-refractivity contribution in [3.8, 4) is 0 Å². The summed E-state index contributed by atoms with van der Waals surface area (Å²) in [5.41, 5.74) is 6.38. The van der Waals surface area contributed by atoms with E-state index in [0.717, 1.165) is 11.7 Å². The number of rotatable bonds is 4. The topological polar surface area (TPSA) is 98.0 Å². The Kier molecular flexibility index (Phi) is 3.38. The van der Waals surface area contributed by atoms with Crippen LogP contribution in [0.25, 0.3) is 11.0 Å². The zero-order chi connectivity index (χ0) is 12.5. The zero-order valence-corrected chi connectivity index (χ0v) is 10.8. The Morgan fingerprint density at radius 3 is 2.94 bits per heavy atom. The van der Waals surface area contributed by atoms with Crippen molar-refractivity contribution < 1.29 is 8.42 Å². The fourth-order valence-corrected chi connectivity index (χ4v) is 3.40. The predicted molar refractivity (Wildman–Crippen MR) is 66.3 cm³/mol. The van der Waals surface area contributed by atoms with Crippen molar-refractivity contribution in [2.75, 3.05) is 6.54 Å². The van der Waals surface area contributed by atoms with E-state index in [0.29, 0.717) is 11.0 Å². The Morgan fingerprint density at radius 1 is 1.47 bits per heavy atom. The van der Waals surface area contributed by atoms with E-state index >= 15 is 0 Å². The van der Waals surface area contributed by atoms with Crippen LogP contribution < -0.4 is 10.5 Å². The van der Waals surface area contributed by atoms with Crippen LogP contribution in [0, 0.1) is 0 Å². The van der Waals surface area contributed by atoms with Gasteiger partial charge in [-0.15, -0.1) is 0 Å². The number of nitrogens with two attached hydrogens (primary N) is 1. The van der Waals surface area contributed by atoms with Gasteiger partial charge in [0.2, 0.25) is 10.0 Å². The number of sulfonamides is 1. The molecule has 0 fully saturated rings. The van der Waals surface area contributed by atoms with Gasteiger partial charge in [-0.2, -0.15) is 8.75 Å². The number of hydrogen-bond donors (Lipinski definition) is 2. The first-order valence-electron chi connectivity index (χ1n) is 4.98. The maximum atomic E-state index is 12.1. The molecule has 0 saturated carbocycles. The van der Waals surface area contributed by atoms with E-state index in [1.165, 1.54) is 6.07 Å². The molecule has 0 saturated heterocycles. The number of hydrogen-bond acceptors (Lipinski definition) is 6. The Morgan fingerprint density at radius 2 is 2.24 bits per heavy atom. The van der Waals surface area contributed by atoms with Crippen LogP contribution in [-0.2, 0) is 10.0 Å². The van der Waals surface area contributed by atoms with Gasteiger partial charge in [0.25, 0.3) is 0 Å². The molecule has 0 aliphatic rings. The van der Waals surface area contributed by atoms with Gasteiger partial charge >= 0.3 is 0 Å². The van der Waals surface area contributed by atoms with E-state index < -0.39 is 10.0 Å². The summed E-state index contributed by atoms with van der Waals surface area (Å²) in [6.45, 7) is 1.95. The Balaban J connectivity index is 2.49. The highest BCUT2D eigenvalue weighted by Crippen LogP contribution is 2.20. The minimum absolute atomic E-state index is 0.143. The lowest BCUT2D eigenvalue weighted by Gasteiger charge is -2.11. The van der Waals surface area contributed by atoms with Gasteiger partial charge in [-0.1, -0.05) is 6.07 Å². The molecule has 0 spiro atoms. The third-order valence-corrected chi connectivity index (χ3v) is 4.41. The molecule has 17 heavy (non-hydrogen) atoms. The van der Waals surface area contributed by atoms with Gasteiger partial charge < -0.3 is 5.73 Å². The van der Waals surface area contributed by atoms with Gasteiger partial charge in [0.05, 0.1) is 11.7 Å². The second-order valence-corrected chi connectivity index (χ2v) is 5.86. The molecule has 0 bridgehead atoms. The molecule has 0 aliphatic carbocycles. The van der Waals surface area contributed by atoms with E-state index in [1.807, 2.05) is 0 Å². The Bertz CT molecular complexity index is 623. The molecule has 1 aromatic heterocycles. The summed E-state index contributed by atoms with van der Waals surface area (Å²) in [5, 5.41) is 0. The van der Waals surface area contributed by atoms with Crippen molar-refractivity contribution in [2.24, 2.45) is 5.73 Å². The van der Waals surface area contributed by atoms with Crippen LogP contribution in [0.2, 0.25) is 0 Å². The van der Waals surface area contributed by atoms with Crippen LogP contribution >= 0.6 is 11.7 Å². The molecule has 1 aromatic carbocycles. The van der Waals surface area contributed by atoms with E-state index in [-0.39, 0.29) is 17.5 Å². The third kappa shape index (κ3) is 2.44. The summed E-state index contributed by atoms with van der Waals surface area (Å²) in [7, 11) is -3.59. The molecule has 2 rings (SSSR count). The lowest BCUT2D eigenvalue weighted by molar-refractivity contribution is 0.563. The first-order valence-corrected chi connectivity index (χ1v) is 7.19. The average molecular weight is 272 g/mol. The fraction of sp³-hybridized carbons (Fsp3) is 0.333. The van der Waals surface area contributed by atoms with E-state index in [2.05, 4.69) is 13.5 Å². The zero-order valence-electron chi connectivity index (χ0n) is 9.12. The lowest BCUT2D eigenvalue weighted by atomic mass is 10.3. The van der Waals surface area contributed by atoms with Gasteiger partial charge in [-0.3, -0.25) is 0 Å². The van der Waals surface area contributed by atoms with Gasteiger partial charge in [-0.05, 0) is 19.1 Å². The molecule has 0 aliphatic heterocycles. The van der Waals surface area contributed by atoms with Crippen molar-refractivity contribution in [3.05, 3.63) is 18.2 Å². The molecular weight excluding hydrogens is 260 g/mol. The molecule has 8 heteroatoms. The van der Waals surface area contributed by atoms with Gasteiger partial charge in [0.15, 0.2) is 0 Å². The maximum absolute atomic E-state index is 12.1. The number of nitrogens with one attached hydrogen (secondary N) is 1. The minimum Gasteiger partial charge on any atom is -0.329 e. The lowest BCUT2D eigenvalue weighted by Crippen LogP contribution is -2.37. The third-order valence-electron chi connectivity index (χ3n) is 2.25. The van der Waals surface area contributed by atoms with E-state index in [9.17, 15) is 8.42 Å². The van der Waals surface area contributed by atoms with Crippen LogP contribution in [0.4, 0.5) is 0 Å². The largest absolute Gasteiger partial charge is 0.329 e. The molecule has 0 unspecified atom stereocenters.